The summed E-state index contributed by atoms with van der Waals surface area (Å²) in [6, 6.07) is 9.62. The number of aliphatic hydroxyl groups is 1. The van der Waals surface area contributed by atoms with Crippen molar-refractivity contribution in [2.24, 2.45) is 5.92 Å². The molecule has 1 fully saturated rings. The van der Waals surface area contributed by atoms with E-state index in [4.69, 9.17) is 0 Å². The molecule has 2 N–H and O–H groups in total. The molecule has 0 radical (unpaired) electrons. The van der Waals surface area contributed by atoms with Crippen molar-refractivity contribution in [3.63, 3.8) is 0 Å². The highest BCUT2D eigenvalue weighted by Crippen LogP contribution is 2.25. The zero-order valence-corrected chi connectivity index (χ0v) is 13.3. The summed E-state index contributed by atoms with van der Waals surface area (Å²) in [6.45, 7) is 0.916. The van der Waals surface area contributed by atoms with Crippen molar-refractivity contribution in [1.29, 1.82) is 0 Å². The summed E-state index contributed by atoms with van der Waals surface area (Å²) in [5.41, 5.74) is 1.67. The first-order chi connectivity index (χ1) is 11.7. The van der Waals surface area contributed by atoms with Crippen LogP contribution in [-0.4, -0.2) is 51.7 Å². The lowest BCUT2D eigenvalue weighted by Crippen LogP contribution is -2.38. The molecule has 24 heavy (non-hydrogen) atoms. The summed E-state index contributed by atoms with van der Waals surface area (Å²) in [4.78, 5) is 28.2. The molecule has 1 atom stereocenters. The van der Waals surface area contributed by atoms with Crippen molar-refractivity contribution in [3.8, 4) is 0 Å². The lowest BCUT2D eigenvalue weighted by Gasteiger charge is -2.25. The molecular weight excluding hydrogens is 308 g/mol. The summed E-state index contributed by atoms with van der Waals surface area (Å²) in [5, 5.41) is 15.8. The van der Waals surface area contributed by atoms with Gasteiger partial charge in [0, 0.05) is 32.3 Å². The number of amides is 2. The third kappa shape index (κ3) is 3.46. The average molecular weight is 328 g/mol. The van der Waals surface area contributed by atoms with E-state index >= 15 is 0 Å². The minimum atomic E-state index is -0.400. The first-order valence-corrected chi connectivity index (χ1v) is 7.91. The van der Waals surface area contributed by atoms with E-state index in [0.717, 1.165) is 5.56 Å². The highest BCUT2D eigenvalue weighted by Gasteiger charge is 2.37. The molecule has 0 saturated carbocycles. The van der Waals surface area contributed by atoms with Crippen molar-refractivity contribution in [2.75, 3.05) is 24.6 Å². The van der Waals surface area contributed by atoms with Crippen LogP contribution in [-0.2, 0) is 16.1 Å². The number of carbonyl (C=O) groups is 2. The summed E-state index contributed by atoms with van der Waals surface area (Å²) in [6.07, 6.45) is 3.39. The molecule has 1 aliphatic rings. The Kier molecular flexibility index (Phi) is 4.90. The number of H-pyrrole nitrogens is 1. The van der Waals surface area contributed by atoms with Crippen LogP contribution in [0.15, 0.2) is 42.7 Å². The molecular formula is C17H20N4O3. The average Bonchev–Trinajstić information content (AvgIpc) is 3.24. The van der Waals surface area contributed by atoms with Crippen LogP contribution in [0, 0.1) is 5.92 Å². The highest BCUT2D eigenvalue weighted by molar-refractivity contribution is 6.00. The lowest BCUT2D eigenvalue weighted by atomic mass is 10.1. The Morgan fingerprint density at radius 3 is 2.83 bits per heavy atom. The van der Waals surface area contributed by atoms with Gasteiger partial charge in [0.15, 0.2) is 0 Å². The molecule has 126 valence electrons. The third-order valence-electron chi connectivity index (χ3n) is 4.17. The largest absolute Gasteiger partial charge is 0.395 e. The first-order valence-electron chi connectivity index (χ1n) is 7.91. The summed E-state index contributed by atoms with van der Waals surface area (Å²) < 4.78 is 0. The number of aromatic amines is 1. The predicted octanol–water partition coefficient (Wildman–Crippen LogP) is 0.784. The number of aromatic nitrogens is 2. The maximum atomic E-state index is 12.8. The Balaban J connectivity index is 1.70. The van der Waals surface area contributed by atoms with E-state index in [1.165, 1.54) is 0 Å². The van der Waals surface area contributed by atoms with E-state index in [1.54, 1.807) is 22.2 Å². The Morgan fingerprint density at radius 2 is 2.17 bits per heavy atom. The quantitative estimate of drug-likeness (QED) is 0.820. The predicted molar refractivity (Wildman–Crippen MR) is 88.0 cm³/mol. The first kappa shape index (κ1) is 16.2. The topological polar surface area (TPSA) is 89.5 Å². The number of benzene rings is 1. The van der Waals surface area contributed by atoms with Gasteiger partial charge in [0.2, 0.25) is 11.8 Å². The van der Waals surface area contributed by atoms with E-state index in [0.29, 0.717) is 18.8 Å². The number of aliphatic hydroxyl groups excluding tert-OH is 1. The highest BCUT2D eigenvalue weighted by atomic mass is 16.3. The molecule has 2 aromatic rings. The van der Waals surface area contributed by atoms with Gasteiger partial charge >= 0.3 is 0 Å². The summed E-state index contributed by atoms with van der Waals surface area (Å²) in [7, 11) is 0. The van der Waals surface area contributed by atoms with Crippen LogP contribution < -0.4 is 4.90 Å². The Hall–Kier alpha value is -2.67. The van der Waals surface area contributed by atoms with Crippen LogP contribution >= 0.6 is 0 Å². The molecule has 7 heteroatoms. The standard InChI is InChI=1S/C17H20N4O3/c22-7-6-20(11-13-4-2-1-3-5-13)17(24)14-8-16(23)21(12-14)15-9-18-19-10-15/h1-5,9-10,14,22H,6-8,11-12H2,(H,18,19). The summed E-state index contributed by atoms with van der Waals surface area (Å²) >= 11 is 0. The molecule has 0 spiro atoms. The van der Waals surface area contributed by atoms with Crippen LogP contribution in [0.25, 0.3) is 0 Å². The van der Waals surface area contributed by atoms with Gasteiger partial charge in [-0.3, -0.25) is 14.7 Å². The van der Waals surface area contributed by atoms with E-state index in [9.17, 15) is 14.7 Å². The van der Waals surface area contributed by atoms with Gasteiger partial charge in [0.1, 0.15) is 0 Å². The maximum absolute atomic E-state index is 12.8. The van der Waals surface area contributed by atoms with Gasteiger partial charge in [0.25, 0.3) is 0 Å². The van der Waals surface area contributed by atoms with Crippen LogP contribution in [0.2, 0.25) is 0 Å². The second kappa shape index (κ2) is 7.27. The zero-order chi connectivity index (χ0) is 16.9. The second-order valence-corrected chi connectivity index (χ2v) is 5.83. The van der Waals surface area contributed by atoms with E-state index < -0.39 is 5.92 Å². The second-order valence-electron chi connectivity index (χ2n) is 5.83. The van der Waals surface area contributed by atoms with Gasteiger partial charge in [-0.1, -0.05) is 30.3 Å². The number of nitrogens with one attached hydrogen (secondary N) is 1. The summed E-state index contributed by atoms with van der Waals surface area (Å²) in [5.74, 6) is -0.590. The van der Waals surface area contributed by atoms with Crippen molar-refractivity contribution in [1.82, 2.24) is 15.1 Å². The van der Waals surface area contributed by atoms with E-state index in [-0.39, 0.29) is 31.4 Å². The van der Waals surface area contributed by atoms with E-state index in [1.807, 2.05) is 30.3 Å². The maximum Gasteiger partial charge on any atom is 0.228 e. The molecule has 7 nitrogen and oxygen atoms in total. The number of hydrogen-bond donors (Lipinski definition) is 2. The fourth-order valence-corrected chi connectivity index (χ4v) is 2.96. The number of anilines is 1. The van der Waals surface area contributed by atoms with Gasteiger partial charge < -0.3 is 14.9 Å². The number of hydrogen-bond acceptors (Lipinski definition) is 4. The number of rotatable bonds is 6. The number of nitrogens with zero attached hydrogens (tertiary/aromatic N) is 3. The zero-order valence-electron chi connectivity index (χ0n) is 13.3. The lowest BCUT2D eigenvalue weighted by molar-refractivity contribution is -0.136. The number of carbonyl (C=O) groups excluding carboxylic acids is 2. The minimum absolute atomic E-state index is 0.0848. The van der Waals surface area contributed by atoms with Crippen molar-refractivity contribution >= 4 is 17.5 Å². The molecule has 2 amide bonds. The monoisotopic (exact) mass is 328 g/mol. The molecule has 2 heterocycles. The normalized spacial score (nSPS) is 17.3. The SMILES string of the molecule is O=C(C1CC(=O)N(c2cn[nH]c2)C1)N(CCO)Cc1ccccc1. The van der Waals surface area contributed by atoms with Crippen LogP contribution in [0.3, 0.4) is 0 Å². The van der Waals surface area contributed by atoms with Gasteiger partial charge in [-0.15, -0.1) is 0 Å². The molecule has 0 bridgehead atoms. The smallest absolute Gasteiger partial charge is 0.228 e. The fraction of sp³-hybridized carbons (Fsp3) is 0.353. The minimum Gasteiger partial charge on any atom is -0.395 e. The van der Waals surface area contributed by atoms with Crippen LogP contribution in [0.5, 0.6) is 0 Å². The molecule has 3 rings (SSSR count). The fourth-order valence-electron chi connectivity index (χ4n) is 2.96. The van der Waals surface area contributed by atoms with Gasteiger partial charge in [-0.2, -0.15) is 5.10 Å². The molecule has 1 unspecified atom stereocenters. The van der Waals surface area contributed by atoms with Crippen molar-refractivity contribution in [3.05, 3.63) is 48.3 Å². The molecule has 1 saturated heterocycles. The van der Waals surface area contributed by atoms with Crippen LogP contribution in [0.4, 0.5) is 5.69 Å². The van der Waals surface area contributed by atoms with Crippen molar-refractivity contribution < 1.29 is 14.7 Å². The van der Waals surface area contributed by atoms with Gasteiger partial charge in [-0.25, -0.2) is 0 Å². The van der Waals surface area contributed by atoms with Crippen molar-refractivity contribution in [2.45, 2.75) is 13.0 Å². The third-order valence-corrected chi connectivity index (χ3v) is 4.17. The Labute approximate surface area is 139 Å². The van der Waals surface area contributed by atoms with Crippen LogP contribution in [0.1, 0.15) is 12.0 Å². The van der Waals surface area contributed by atoms with Gasteiger partial charge in [-0.05, 0) is 5.56 Å². The molecule has 1 aromatic carbocycles. The Bertz CT molecular complexity index is 687. The molecule has 0 aliphatic carbocycles. The Morgan fingerprint density at radius 1 is 1.38 bits per heavy atom. The van der Waals surface area contributed by atoms with E-state index in [2.05, 4.69) is 10.2 Å². The van der Waals surface area contributed by atoms with Gasteiger partial charge in [0.05, 0.1) is 24.4 Å². The molecule has 1 aromatic heterocycles. The molecule has 1 aliphatic heterocycles.